The van der Waals surface area contributed by atoms with Crippen LogP contribution in [0.4, 0.5) is 0 Å². The number of ether oxygens (including phenoxy) is 1. The number of rotatable bonds is 5. The molecule has 0 saturated carbocycles. The Kier molecular flexibility index (Phi) is 4.57. The predicted molar refractivity (Wildman–Crippen MR) is 96.7 cm³/mol. The molecule has 2 heterocycles. The summed E-state index contributed by atoms with van der Waals surface area (Å²) in [4.78, 5) is 14.1. The van der Waals surface area contributed by atoms with E-state index in [0.717, 1.165) is 27.2 Å². The zero-order valence-electron chi connectivity index (χ0n) is 14.3. The number of hydrogen-bond donors (Lipinski definition) is 1. The predicted octanol–water partition coefficient (Wildman–Crippen LogP) is 3.66. The summed E-state index contributed by atoms with van der Waals surface area (Å²) in [6, 6.07) is 9.71. The zero-order chi connectivity index (χ0) is 17.3. The van der Waals surface area contributed by atoms with Crippen molar-refractivity contribution in [3.8, 4) is 5.75 Å². The van der Waals surface area contributed by atoms with Crippen LogP contribution in [0.2, 0.25) is 0 Å². The van der Waals surface area contributed by atoms with Crippen LogP contribution in [0.5, 0.6) is 5.75 Å². The lowest BCUT2D eigenvalue weighted by molar-refractivity contribution is 0.0955. The van der Waals surface area contributed by atoms with Crippen molar-refractivity contribution < 1.29 is 9.53 Å². The van der Waals surface area contributed by atoms with Gasteiger partial charge in [-0.25, -0.2) is 0 Å². The van der Waals surface area contributed by atoms with Gasteiger partial charge in [0.1, 0.15) is 10.6 Å². The van der Waals surface area contributed by atoms with E-state index in [4.69, 9.17) is 4.74 Å². The minimum atomic E-state index is -0.0573. The first-order valence-electron chi connectivity index (χ1n) is 7.91. The van der Waals surface area contributed by atoms with Crippen LogP contribution in [0.15, 0.2) is 30.3 Å². The topological polar surface area (TPSA) is 56.2 Å². The van der Waals surface area contributed by atoms with Gasteiger partial charge in [-0.2, -0.15) is 5.10 Å². The van der Waals surface area contributed by atoms with E-state index >= 15 is 0 Å². The highest BCUT2D eigenvalue weighted by Crippen LogP contribution is 2.27. The minimum Gasteiger partial charge on any atom is -0.491 e. The Balaban J connectivity index is 1.65. The second kappa shape index (κ2) is 6.65. The smallest absolute Gasteiger partial charge is 0.261 e. The van der Waals surface area contributed by atoms with Crippen LogP contribution in [0.25, 0.3) is 10.2 Å². The molecule has 24 heavy (non-hydrogen) atoms. The summed E-state index contributed by atoms with van der Waals surface area (Å²) in [5.41, 5.74) is 1.99. The number of amides is 1. The van der Waals surface area contributed by atoms with Crippen molar-refractivity contribution in [3.63, 3.8) is 0 Å². The van der Waals surface area contributed by atoms with Crippen LogP contribution < -0.4 is 10.1 Å². The molecule has 0 aliphatic rings. The molecule has 5 nitrogen and oxygen atoms in total. The Morgan fingerprint density at radius 1 is 1.33 bits per heavy atom. The third-order valence-electron chi connectivity index (χ3n) is 3.67. The first kappa shape index (κ1) is 16.5. The molecule has 1 aromatic carbocycles. The summed E-state index contributed by atoms with van der Waals surface area (Å²) in [5, 5.41) is 8.37. The molecule has 1 amide bonds. The number of nitrogens with one attached hydrogen (secondary N) is 1. The van der Waals surface area contributed by atoms with E-state index in [1.54, 1.807) is 0 Å². The SMILES string of the molecule is Cc1nn(C)c2sc(C(=O)NCc3ccc(OC(C)C)cc3)cc12. The number of aryl methyl sites for hydroxylation is 2. The van der Waals surface area contributed by atoms with Crippen molar-refractivity contribution >= 4 is 27.5 Å². The minimum absolute atomic E-state index is 0.0573. The van der Waals surface area contributed by atoms with E-state index < -0.39 is 0 Å². The monoisotopic (exact) mass is 343 g/mol. The fourth-order valence-electron chi connectivity index (χ4n) is 2.54. The highest BCUT2D eigenvalue weighted by Gasteiger charge is 2.14. The van der Waals surface area contributed by atoms with E-state index in [9.17, 15) is 4.79 Å². The number of benzene rings is 1. The number of aromatic nitrogens is 2. The average Bonchev–Trinajstić information content (AvgIpc) is 3.08. The maximum absolute atomic E-state index is 12.4. The van der Waals surface area contributed by atoms with Crippen molar-refractivity contribution in [2.24, 2.45) is 7.05 Å². The molecule has 0 spiro atoms. The van der Waals surface area contributed by atoms with Gasteiger partial charge in [0.2, 0.25) is 0 Å². The van der Waals surface area contributed by atoms with E-state index in [1.165, 1.54) is 11.3 Å². The average molecular weight is 343 g/mol. The Morgan fingerprint density at radius 3 is 2.67 bits per heavy atom. The summed E-state index contributed by atoms with van der Waals surface area (Å²) in [6.45, 7) is 6.44. The number of carbonyl (C=O) groups is 1. The van der Waals surface area contributed by atoms with Gasteiger partial charge in [0.05, 0.1) is 16.7 Å². The molecule has 0 atom stereocenters. The molecule has 0 unspecified atom stereocenters. The highest BCUT2D eigenvalue weighted by molar-refractivity contribution is 7.20. The molecule has 0 fully saturated rings. The lowest BCUT2D eigenvalue weighted by Crippen LogP contribution is -2.21. The van der Waals surface area contributed by atoms with E-state index in [-0.39, 0.29) is 12.0 Å². The maximum Gasteiger partial charge on any atom is 0.261 e. The Hall–Kier alpha value is -2.34. The largest absolute Gasteiger partial charge is 0.491 e. The van der Waals surface area contributed by atoms with Gasteiger partial charge in [0.25, 0.3) is 5.91 Å². The fourth-order valence-corrected chi connectivity index (χ4v) is 3.58. The Bertz CT molecular complexity index is 828. The first-order chi connectivity index (χ1) is 11.4. The maximum atomic E-state index is 12.4. The van der Waals surface area contributed by atoms with Gasteiger partial charge < -0.3 is 10.1 Å². The molecular weight excluding hydrogens is 322 g/mol. The normalized spacial score (nSPS) is 11.2. The first-order valence-corrected chi connectivity index (χ1v) is 8.72. The van der Waals surface area contributed by atoms with Gasteiger partial charge in [0, 0.05) is 19.0 Å². The van der Waals surface area contributed by atoms with Crippen LogP contribution >= 0.6 is 11.3 Å². The van der Waals surface area contributed by atoms with Crippen molar-refractivity contribution in [2.75, 3.05) is 0 Å². The van der Waals surface area contributed by atoms with Gasteiger partial charge in [0.15, 0.2) is 0 Å². The van der Waals surface area contributed by atoms with E-state index in [0.29, 0.717) is 11.4 Å². The molecule has 1 N–H and O–H groups in total. The molecule has 0 aliphatic heterocycles. The lowest BCUT2D eigenvalue weighted by Gasteiger charge is -2.10. The Morgan fingerprint density at radius 2 is 2.04 bits per heavy atom. The van der Waals surface area contributed by atoms with Crippen LogP contribution in [-0.2, 0) is 13.6 Å². The second-order valence-corrected chi connectivity index (χ2v) is 7.06. The number of hydrogen-bond acceptors (Lipinski definition) is 4. The lowest BCUT2D eigenvalue weighted by atomic mass is 10.2. The summed E-state index contributed by atoms with van der Waals surface area (Å²) < 4.78 is 7.44. The highest BCUT2D eigenvalue weighted by atomic mass is 32.1. The quantitative estimate of drug-likeness (QED) is 0.769. The number of thiophene rings is 1. The van der Waals surface area contributed by atoms with Crippen molar-refractivity contribution in [1.82, 2.24) is 15.1 Å². The van der Waals surface area contributed by atoms with Crippen LogP contribution in [0.3, 0.4) is 0 Å². The van der Waals surface area contributed by atoms with E-state index in [2.05, 4.69) is 10.4 Å². The molecule has 0 aliphatic carbocycles. The molecule has 0 radical (unpaired) electrons. The van der Waals surface area contributed by atoms with Gasteiger partial charge in [-0.3, -0.25) is 9.48 Å². The van der Waals surface area contributed by atoms with Crippen molar-refractivity contribution in [3.05, 3.63) is 46.5 Å². The van der Waals surface area contributed by atoms with Gasteiger partial charge in [-0.05, 0) is 44.5 Å². The molecule has 3 aromatic rings. The van der Waals surface area contributed by atoms with Gasteiger partial charge in [-0.1, -0.05) is 12.1 Å². The van der Waals surface area contributed by atoms with Gasteiger partial charge in [-0.15, -0.1) is 11.3 Å². The van der Waals surface area contributed by atoms with Gasteiger partial charge >= 0.3 is 0 Å². The molecule has 3 rings (SSSR count). The summed E-state index contributed by atoms with van der Waals surface area (Å²) >= 11 is 1.47. The molecule has 0 bridgehead atoms. The standard InChI is InChI=1S/C18H21N3O2S/c1-11(2)23-14-7-5-13(6-8-14)10-19-17(22)16-9-15-12(3)20-21(4)18(15)24-16/h5-9,11H,10H2,1-4H3,(H,19,22). The summed E-state index contributed by atoms with van der Waals surface area (Å²) in [7, 11) is 1.90. The second-order valence-electron chi connectivity index (χ2n) is 6.03. The van der Waals surface area contributed by atoms with Crippen LogP contribution in [0.1, 0.15) is 34.8 Å². The summed E-state index contributed by atoms with van der Waals surface area (Å²) in [6.07, 6.45) is 0.154. The molecule has 6 heteroatoms. The third kappa shape index (κ3) is 3.43. The zero-order valence-corrected chi connectivity index (χ0v) is 15.1. The number of fused-ring (bicyclic) bond motifs is 1. The molecule has 0 saturated heterocycles. The van der Waals surface area contributed by atoms with Crippen molar-refractivity contribution in [2.45, 2.75) is 33.4 Å². The van der Waals surface area contributed by atoms with Crippen molar-refractivity contribution in [1.29, 1.82) is 0 Å². The molecule has 126 valence electrons. The number of nitrogens with zero attached hydrogens (tertiary/aromatic N) is 2. The van der Waals surface area contributed by atoms with E-state index in [1.807, 2.05) is 62.8 Å². The Labute approximate surface area is 145 Å². The van der Waals surface area contributed by atoms with Crippen LogP contribution in [-0.4, -0.2) is 21.8 Å². The number of carbonyl (C=O) groups excluding carboxylic acids is 1. The summed E-state index contributed by atoms with van der Waals surface area (Å²) in [5.74, 6) is 0.783. The van der Waals surface area contributed by atoms with Crippen LogP contribution in [0, 0.1) is 6.92 Å². The fraction of sp³-hybridized carbons (Fsp3) is 0.333. The third-order valence-corrected chi connectivity index (χ3v) is 4.87. The molecule has 2 aromatic heterocycles. The molecular formula is C18H21N3O2S.